The second-order valence-corrected chi connectivity index (χ2v) is 5.60. The van der Waals surface area contributed by atoms with E-state index in [0.29, 0.717) is 12.0 Å². The molecule has 1 unspecified atom stereocenters. The Hall–Kier alpha value is -1.51. The lowest BCUT2D eigenvalue weighted by molar-refractivity contribution is 0.0753. The normalized spacial score (nSPS) is 11.5. The maximum Gasteiger partial charge on any atom is 0.256 e. The summed E-state index contributed by atoms with van der Waals surface area (Å²) in [6, 6.07) is 4.27. The number of aliphatic hydroxyl groups excluding tert-OH is 1. The highest BCUT2D eigenvalue weighted by Gasteiger charge is 2.20. The van der Waals surface area contributed by atoms with Crippen LogP contribution in [0.5, 0.6) is 0 Å². The standard InChI is InChI=1S/C16H20FNO2S/c1-12(11-21-3)18(2)16(20)14-10-13(6-4-5-9-19)7-8-15(14)17/h7-8,10,12,19H,5,9,11H2,1-3H3. The van der Waals surface area contributed by atoms with Gasteiger partial charge in [0.15, 0.2) is 0 Å². The molecule has 1 N–H and O–H groups in total. The van der Waals surface area contributed by atoms with Gasteiger partial charge in [-0.05, 0) is 31.4 Å². The fourth-order valence-electron chi connectivity index (χ4n) is 1.73. The van der Waals surface area contributed by atoms with Gasteiger partial charge in [0.25, 0.3) is 5.91 Å². The van der Waals surface area contributed by atoms with E-state index in [1.54, 1.807) is 23.7 Å². The third-order valence-corrected chi connectivity index (χ3v) is 3.87. The number of rotatable bonds is 5. The number of aliphatic hydroxyl groups is 1. The predicted molar refractivity (Wildman–Crippen MR) is 84.9 cm³/mol. The number of benzene rings is 1. The highest BCUT2D eigenvalue weighted by molar-refractivity contribution is 7.98. The van der Waals surface area contributed by atoms with Gasteiger partial charge >= 0.3 is 0 Å². The zero-order chi connectivity index (χ0) is 15.8. The van der Waals surface area contributed by atoms with E-state index < -0.39 is 5.82 Å². The maximum absolute atomic E-state index is 13.9. The lowest BCUT2D eigenvalue weighted by atomic mass is 10.1. The van der Waals surface area contributed by atoms with Gasteiger partial charge in [-0.2, -0.15) is 11.8 Å². The summed E-state index contributed by atoms with van der Waals surface area (Å²) in [6.07, 6.45) is 2.32. The van der Waals surface area contributed by atoms with E-state index >= 15 is 0 Å². The Bertz CT molecular complexity index is 551. The van der Waals surface area contributed by atoms with Crippen LogP contribution in [-0.4, -0.2) is 47.6 Å². The molecule has 114 valence electrons. The van der Waals surface area contributed by atoms with Crippen molar-refractivity contribution in [3.8, 4) is 11.8 Å². The molecular weight excluding hydrogens is 289 g/mol. The molecule has 0 aromatic heterocycles. The van der Waals surface area contributed by atoms with Crippen molar-refractivity contribution in [1.29, 1.82) is 0 Å². The second-order valence-electron chi connectivity index (χ2n) is 4.69. The Balaban J connectivity index is 2.98. The monoisotopic (exact) mass is 309 g/mol. The minimum Gasteiger partial charge on any atom is -0.395 e. The fourth-order valence-corrected chi connectivity index (χ4v) is 2.44. The van der Waals surface area contributed by atoms with Crippen LogP contribution < -0.4 is 0 Å². The molecule has 0 radical (unpaired) electrons. The van der Waals surface area contributed by atoms with Crippen molar-refractivity contribution in [2.24, 2.45) is 0 Å². The van der Waals surface area contributed by atoms with Crippen LogP contribution in [0.4, 0.5) is 4.39 Å². The van der Waals surface area contributed by atoms with Crippen molar-refractivity contribution in [2.45, 2.75) is 19.4 Å². The van der Waals surface area contributed by atoms with Gasteiger partial charge in [0, 0.05) is 30.8 Å². The van der Waals surface area contributed by atoms with Crippen molar-refractivity contribution in [1.82, 2.24) is 4.90 Å². The molecule has 0 saturated carbocycles. The molecule has 0 aliphatic rings. The van der Waals surface area contributed by atoms with Crippen LogP contribution in [0.1, 0.15) is 29.3 Å². The van der Waals surface area contributed by atoms with Crippen LogP contribution in [0.3, 0.4) is 0 Å². The Morgan fingerprint density at radius 3 is 2.86 bits per heavy atom. The average Bonchev–Trinajstić information content (AvgIpc) is 2.48. The predicted octanol–water partition coefficient (Wildman–Crippen LogP) is 2.38. The van der Waals surface area contributed by atoms with Crippen molar-refractivity contribution < 1.29 is 14.3 Å². The minimum absolute atomic E-state index is 0.0189. The van der Waals surface area contributed by atoms with E-state index in [-0.39, 0.29) is 24.1 Å². The van der Waals surface area contributed by atoms with Gasteiger partial charge in [0.1, 0.15) is 5.82 Å². The van der Waals surface area contributed by atoms with Crippen LogP contribution in [0.2, 0.25) is 0 Å². The summed E-state index contributed by atoms with van der Waals surface area (Å²) in [4.78, 5) is 13.9. The Morgan fingerprint density at radius 2 is 2.24 bits per heavy atom. The molecule has 0 saturated heterocycles. The number of nitrogens with zero attached hydrogens (tertiary/aromatic N) is 1. The molecular formula is C16H20FNO2S. The van der Waals surface area contributed by atoms with Crippen LogP contribution >= 0.6 is 11.8 Å². The highest BCUT2D eigenvalue weighted by atomic mass is 32.2. The van der Waals surface area contributed by atoms with Gasteiger partial charge in [0.05, 0.1) is 12.2 Å². The van der Waals surface area contributed by atoms with Gasteiger partial charge in [-0.25, -0.2) is 4.39 Å². The quantitative estimate of drug-likeness (QED) is 0.849. The average molecular weight is 309 g/mol. The topological polar surface area (TPSA) is 40.5 Å². The summed E-state index contributed by atoms with van der Waals surface area (Å²) in [5.41, 5.74) is 0.598. The molecule has 0 aliphatic carbocycles. The summed E-state index contributed by atoms with van der Waals surface area (Å²) in [5.74, 6) is 5.47. The van der Waals surface area contributed by atoms with Gasteiger partial charge in [-0.3, -0.25) is 4.79 Å². The number of amides is 1. The second kappa shape index (κ2) is 8.71. The summed E-state index contributed by atoms with van der Waals surface area (Å²) < 4.78 is 13.9. The molecule has 0 heterocycles. The number of hydrogen-bond acceptors (Lipinski definition) is 3. The first-order valence-corrected chi connectivity index (χ1v) is 8.06. The summed E-state index contributed by atoms with van der Waals surface area (Å²) in [5, 5.41) is 8.69. The van der Waals surface area contributed by atoms with E-state index in [0.717, 1.165) is 5.75 Å². The Morgan fingerprint density at radius 1 is 1.52 bits per heavy atom. The molecule has 0 aliphatic heterocycles. The molecule has 1 atom stereocenters. The molecule has 0 bridgehead atoms. The van der Waals surface area contributed by atoms with Crippen LogP contribution in [-0.2, 0) is 0 Å². The van der Waals surface area contributed by atoms with E-state index in [9.17, 15) is 9.18 Å². The zero-order valence-electron chi connectivity index (χ0n) is 12.5. The number of halogens is 1. The van der Waals surface area contributed by atoms with Crippen LogP contribution in [0.15, 0.2) is 18.2 Å². The summed E-state index contributed by atoms with van der Waals surface area (Å²) in [6.45, 7) is 1.91. The van der Waals surface area contributed by atoms with Gasteiger partial charge in [-0.15, -0.1) is 0 Å². The molecule has 0 spiro atoms. The fraction of sp³-hybridized carbons (Fsp3) is 0.438. The van der Waals surface area contributed by atoms with E-state index in [1.165, 1.54) is 18.2 Å². The molecule has 5 heteroatoms. The van der Waals surface area contributed by atoms with Crippen molar-refractivity contribution in [2.75, 3.05) is 25.7 Å². The van der Waals surface area contributed by atoms with Crippen molar-refractivity contribution in [3.63, 3.8) is 0 Å². The highest BCUT2D eigenvalue weighted by Crippen LogP contribution is 2.15. The summed E-state index contributed by atoms with van der Waals surface area (Å²) in [7, 11) is 1.67. The Kier molecular flexibility index (Phi) is 7.27. The number of thioether (sulfide) groups is 1. The van der Waals surface area contributed by atoms with Gasteiger partial charge in [0.2, 0.25) is 0 Å². The minimum atomic E-state index is -0.545. The number of carbonyl (C=O) groups is 1. The first-order valence-electron chi connectivity index (χ1n) is 6.66. The molecule has 1 rings (SSSR count). The smallest absolute Gasteiger partial charge is 0.256 e. The molecule has 0 fully saturated rings. The SMILES string of the molecule is CSCC(C)N(C)C(=O)c1cc(C#CCCO)ccc1F. The Labute approximate surface area is 129 Å². The summed E-state index contributed by atoms with van der Waals surface area (Å²) >= 11 is 1.64. The van der Waals surface area contributed by atoms with Crippen molar-refractivity contribution >= 4 is 17.7 Å². The molecule has 3 nitrogen and oxygen atoms in total. The van der Waals surface area contributed by atoms with E-state index in [2.05, 4.69) is 11.8 Å². The van der Waals surface area contributed by atoms with Crippen molar-refractivity contribution in [3.05, 3.63) is 35.1 Å². The lowest BCUT2D eigenvalue weighted by Crippen LogP contribution is -2.37. The first kappa shape index (κ1) is 17.5. The maximum atomic E-state index is 13.9. The van der Waals surface area contributed by atoms with Gasteiger partial charge < -0.3 is 10.0 Å². The molecule has 21 heavy (non-hydrogen) atoms. The van der Waals surface area contributed by atoms with Crippen LogP contribution in [0, 0.1) is 17.7 Å². The lowest BCUT2D eigenvalue weighted by Gasteiger charge is -2.24. The third-order valence-electron chi connectivity index (χ3n) is 3.06. The van der Waals surface area contributed by atoms with Crippen LogP contribution in [0.25, 0.3) is 0 Å². The van der Waals surface area contributed by atoms with Gasteiger partial charge in [-0.1, -0.05) is 11.8 Å². The van der Waals surface area contributed by atoms with E-state index in [4.69, 9.17) is 5.11 Å². The molecule has 1 aromatic carbocycles. The largest absolute Gasteiger partial charge is 0.395 e. The van der Waals surface area contributed by atoms with E-state index in [1.807, 2.05) is 13.2 Å². The number of carbonyl (C=O) groups excluding carboxylic acids is 1. The first-order chi connectivity index (χ1) is 10.0. The third kappa shape index (κ3) is 5.07. The molecule has 1 amide bonds. The zero-order valence-corrected chi connectivity index (χ0v) is 13.3. The number of hydrogen-bond donors (Lipinski definition) is 1. The molecule has 1 aromatic rings.